The van der Waals surface area contributed by atoms with E-state index in [9.17, 15) is 13.6 Å². The molecule has 0 spiro atoms. The second kappa shape index (κ2) is 3.03. The SMILES string of the molecule is CC(C)(F)[C@H]1CC[C@@](C)(F)C(=O)C1. The van der Waals surface area contributed by atoms with Gasteiger partial charge >= 0.3 is 0 Å². The number of rotatable bonds is 1. The fourth-order valence-corrected chi connectivity index (χ4v) is 1.71. The van der Waals surface area contributed by atoms with E-state index < -0.39 is 17.1 Å². The van der Waals surface area contributed by atoms with Crippen molar-refractivity contribution in [2.75, 3.05) is 0 Å². The van der Waals surface area contributed by atoms with E-state index in [2.05, 4.69) is 0 Å². The van der Waals surface area contributed by atoms with E-state index in [4.69, 9.17) is 0 Å². The molecule has 0 N–H and O–H groups in total. The number of carbonyl (C=O) groups excluding carboxylic acids is 1. The lowest BCUT2D eigenvalue weighted by atomic mass is 9.74. The third-order valence-electron chi connectivity index (χ3n) is 2.95. The highest BCUT2D eigenvalue weighted by atomic mass is 19.1. The van der Waals surface area contributed by atoms with Crippen molar-refractivity contribution in [3.05, 3.63) is 0 Å². The molecule has 3 heteroatoms. The van der Waals surface area contributed by atoms with Gasteiger partial charge in [0, 0.05) is 6.42 Å². The van der Waals surface area contributed by atoms with Gasteiger partial charge in [-0.15, -0.1) is 0 Å². The van der Waals surface area contributed by atoms with Crippen molar-refractivity contribution in [1.29, 1.82) is 0 Å². The van der Waals surface area contributed by atoms with Gasteiger partial charge < -0.3 is 0 Å². The van der Waals surface area contributed by atoms with Crippen molar-refractivity contribution < 1.29 is 13.6 Å². The lowest BCUT2D eigenvalue weighted by molar-refractivity contribution is -0.136. The normalized spacial score (nSPS) is 36.4. The largest absolute Gasteiger partial charge is 0.296 e. The third kappa shape index (κ3) is 2.26. The molecule has 1 saturated carbocycles. The first kappa shape index (κ1) is 10.6. The second-order valence-corrected chi connectivity index (χ2v) is 4.62. The molecule has 0 heterocycles. The number of carbonyl (C=O) groups is 1. The van der Waals surface area contributed by atoms with Crippen LogP contribution in [0.25, 0.3) is 0 Å². The molecule has 13 heavy (non-hydrogen) atoms. The molecule has 1 fully saturated rings. The van der Waals surface area contributed by atoms with Gasteiger partial charge in [0.15, 0.2) is 11.5 Å². The predicted molar refractivity (Wildman–Crippen MR) is 47.0 cm³/mol. The van der Waals surface area contributed by atoms with Gasteiger partial charge in [0.1, 0.15) is 5.67 Å². The van der Waals surface area contributed by atoms with Gasteiger partial charge in [-0.1, -0.05) is 0 Å². The van der Waals surface area contributed by atoms with E-state index >= 15 is 0 Å². The van der Waals surface area contributed by atoms with Gasteiger partial charge in [-0.25, -0.2) is 8.78 Å². The van der Waals surface area contributed by atoms with Crippen molar-refractivity contribution in [3.63, 3.8) is 0 Å². The van der Waals surface area contributed by atoms with Gasteiger partial charge in [0.25, 0.3) is 0 Å². The van der Waals surface area contributed by atoms with Crippen molar-refractivity contribution >= 4 is 5.78 Å². The zero-order valence-corrected chi connectivity index (χ0v) is 8.36. The van der Waals surface area contributed by atoms with Gasteiger partial charge in [0.2, 0.25) is 0 Å². The molecular weight excluding hydrogens is 174 g/mol. The summed E-state index contributed by atoms with van der Waals surface area (Å²) in [7, 11) is 0. The Morgan fingerprint density at radius 1 is 1.54 bits per heavy atom. The fourth-order valence-electron chi connectivity index (χ4n) is 1.71. The molecule has 0 bridgehead atoms. The van der Waals surface area contributed by atoms with Gasteiger partial charge in [-0.05, 0) is 39.5 Å². The summed E-state index contributed by atoms with van der Waals surface area (Å²) < 4.78 is 26.8. The highest BCUT2D eigenvalue weighted by Crippen LogP contribution is 2.38. The summed E-state index contributed by atoms with van der Waals surface area (Å²) in [5.74, 6) is -0.765. The average molecular weight is 190 g/mol. The molecule has 0 radical (unpaired) electrons. The van der Waals surface area contributed by atoms with Crippen LogP contribution in [0, 0.1) is 5.92 Å². The summed E-state index contributed by atoms with van der Waals surface area (Å²) in [6.07, 6.45) is 0.655. The number of Topliss-reactive ketones (excluding diaryl/α,β-unsaturated/α-hetero) is 1. The van der Waals surface area contributed by atoms with Crippen LogP contribution in [0.3, 0.4) is 0 Å². The molecule has 0 aromatic rings. The summed E-state index contributed by atoms with van der Waals surface area (Å²) in [5, 5.41) is 0. The molecule has 1 aliphatic carbocycles. The first-order valence-electron chi connectivity index (χ1n) is 4.64. The Balaban J connectivity index is 2.67. The van der Waals surface area contributed by atoms with Gasteiger partial charge in [-0.3, -0.25) is 4.79 Å². The van der Waals surface area contributed by atoms with Crippen molar-refractivity contribution in [2.45, 2.75) is 51.4 Å². The molecular formula is C10H16F2O. The minimum absolute atomic E-state index is 0.0382. The smallest absolute Gasteiger partial charge is 0.170 e. The van der Waals surface area contributed by atoms with Crippen LogP contribution in [0.5, 0.6) is 0 Å². The number of halogens is 2. The minimum atomic E-state index is -1.72. The molecule has 2 atom stereocenters. The van der Waals surface area contributed by atoms with Crippen LogP contribution >= 0.6 is 0 Å². The number of ketones is 1. The molecule has 76 valence electrons. The fraction of sp³-hybridized carbons (Fsp3) is 0.900. The molecule has 0 unspecified atom stereocenters. The molecule has 0 saturated heterocycles. The highest BCUT2D eigenvalue weighted by molar-refractivity contribution is 5.87. The monoisotopic (exact) mass is 190 g/mol. The van der Waals surface area contributed by atoms with E-state index in [1.165, 1.54) is 20.8 Å². The summed E-state index contributed by atoms with van der Waals surface area (Å²) in [6, 6.07) is 0. The van der Waals surface area contributed by atoms with Crippen LogP contribution in [0.2, 0.25) is 0 Å². The van der Waals surface area contributed by atoms with Crippen molar-refractivity contribution in [2.24, 2.45) is 5.92 Å². The zero-order valence-electron chi connectivity index (χ0n) is 8.36. The van der Waals surface area contributed by atoms with E-state index in [0.717, 1.165) is 0 Å². The van der Waals surface area contributed by atoms with E-state index in [-0.39, 0.29) is 18.8 Å². The van der Waals surface area contributed by atoms with Crippen LogP contribution in [-0.4, -0.2) is 17.1 Å². The first-order chi connectivity index (χ1) is 5.73. The Hall–Kier alpha value is -0.470. The number of hydrogen-bond donors (Lipinski definition) is 0. The van der Waals surface area contributed by atoms with Crippen molar-refractivity contribution in [3.8, 4) is 0 Å². The van der Waals surface area contributed by atoms with E-state index in [1.807, 2.05) is 0 Å². The van der Waals surface area contributed by atoms with Crippen LogP contribution in [0.1, 0.15) is 40.0 Å². The van der Waals surface area contributed by atoms with Crippen LogP contribution in [0.15, 0.2) is 0 Å². The zero-order chi connectivity index (χ0) is 10.3. The Morgan fingerprint density at radius 3 is 2.46 bits per heavy atom. The number of hydrogen-bond acceptors (Lipinski definition) is 1. The van der Waals surface area contributed by atoms with Crippen LogP contribution in [0.4, 0.5) is 8.78 Å². The topological polar surface area (TPSA) is 17.1 Å². The highest BCUT2D eigenvalue weighted by Gasteiger charge is 2.43. The summed E-state index contributed by atoms with van der Waals surface area (Å²) in [4.78, 5) is 11.2. The quantitative estimate of drug-likeness (QED) is 0.621. The maximum absolute atomic E-state index is 13.4. The second-order valence-electron chi connectivity index (χ2n) is 4.62. The lowest BCUT2D eigenvalue weighted by Crippen LogP contribution is -2.42. The molecule has 0 aliphatic heterocycles. The molecule has 1 aliphatic rings. The average Bonchev–Trinajstić information content (AvgIpc) is 1.92. The predicted octanol–water partition coefficient (Wildman–Crippen LogP) is 2.83. The molecule has 0 amide bonds. The number of alkyl halides is 2. The molecule has 0 aromatic heterocycles. The van der Waals surface area contributed by atoms with Gasteiger partial charge in [0.05, 0.1) is 0 Å². The Morgan fingerprint density at radius 2 is 2.08 bits per heavy atom. The first-order valence-corrected chi connectivity index (χ1v) is 4.64. The van der Waals surface area contributed by atoms with Crippen LogP contribution in [-0.2, 0) is 4.79 Å². The summed E-state index contributed by atoms with van der Waals surface area (Å²) >= 11 is 0. The standard InChI is InChI=1S/C10H16F2O/c1-9(2,11)7-4-5-10(3,12)8(13)6-7/h7H,4-6H2,1-3H3/t7-,10+/m0/s1. The Labute approximate surface area is 77.5 Å². The van der Waals surface area contributed by atoms with Crippen molar-refractivity contribution in [1.82, 2.24) is 0 Å². The maximum Gasteiger partial charge on any atom is 0.170 e. The van der Waals surface area contributed by atoms with E-state index in [0.29, 0.717) is 6.42 Å². The lowest BCUT2D eigenvalue weighted by Gasteiger charge is -2.34. The summed E-state index contributed by atoms with van der Waals surface area (Å²) in [5.41, 5.74) is -3.09. The Bertz CT molecular complexity index is 215. The minimum Gasteiger partial charge on any atom is -0.296 e. The Kier molecular flexibility index (Phi) is 2.48. The third-order valence-corrected chi connectivity index (χ3v) is 2.95. The maximum atomic E-state index is 13.4. The molecule has 0 aromatic carbocycles. The molecule has 1 rings (SSSR count). The summed E-state index contributed by atoms with van der Waals surface area (Å²) in [6.45, 7) is 4.19. The van der Waals surface area contributed by atoms with E-state index in [1.54, 1.807) is 0 Å². The molecule has 1 nitrogen and oxygen atoms in total. The van der Waals surface area contributed by atoms with Gasteiger partial charge in [-0.2, -0.15) is 0 Å². The van der Waals surface area contributed by atoms with Crippen LogP contribution < -0.4 is 0 Å².